The smallest absolute Gasteiger partial charge is 0.254 e. The highest BCUT2D eigenvalue weighted by Gasteiger charge is 2.14. The molecule has 0 aliphatic rings. The summed E-state index contributed by atoms with van der Waals surface area (Å²) in [5.41, 5.74) is 4.71. The molecule has 0 radical (unpaired) electrons. The Morgan fingerprint density at radius 3 is 2.46 bits per heavy atom. The van der Waals surface area contributed by atoms with Crippen molar-refractivity contribution < 1.29 is 4.74 Å². The van der Waals surface area contributed by atoms with Gasteiger partial charge in [0.15, 0.2) is 5.82 Å². The van der Waals surface area contributed by atoms with E-state index in [1.54, 1.807) is 17.7 Å². The van der Waals surface area contributed by atoms with Gasteiger partial charge in [0, 0.05) is 28.4 Å². The van der Waals surface area contributed by atoms with Crippen molar-refractivity contribution in [1.82, 2.24) is 19.6 Å². The number of halogens is 1. The number of hydrogen-bond donors (Lipinski definition) is 1. The predicted molar refractivity (Wildman–Crippen MR) is 112 cm³/mol. The van der Waals surface area contributed by atoms with Crippen LogP contribution < -0.4 is 10.1 Å². The molecule has 0 amide bonds. The van der Waals surface area contributed by atoms with E-state index in [-0.39, 0.29) is 0 Å². The van der Waals surface area contributed by atoms with Crippen LogP contribution in [0.25, 0.3) is 17.2 Å². The van der Waals surface area contributed by atoms with Crippen LogP contribution in [0.5, 0.6) is 5.75 Å². The van der Waals surface area contributed by atoms with Crippen molar-refractivity contribution in [3.63, 3.8) is 0 Å². The number of methoxy groups -OCH3 is 1. The molecule has 0 unspecified atom stereocenters. The molecule has 2 aromatic heterocycles. The van der Waals surface area contributed by atoms with Gasteiger partial charge >= 0.3 is 0 Å². The minimum absolute atomic E-state index is 0.530. The van der Waals surface area contributed by atoms with Crippen LogP contribution in [0, 0.1) is 20.8 Å². The molecule has 6 nitrogen and oxygen atoms in total. The number of hydrogen-bond acceptors (Lipinski definition) is 5. The lowest BCUT2D eigenvalue weighted by molar-refractivity contribution is 0.416. The van der Waals surface area contributed by atoms with Gasteiger partial charge < -0.3 is 10.1 Å². The normalized spacial score (nSPS) is 11.0. The lowest BCUT2D eigenvalue weighted by Gasteiger charge is -2.14. The number of benzene rings is 2. The van der Waals surface area contributed by atoms with Crippen LogP contribution in [-0.4, -0.2) is 26.7 Å². The van der Waals surface area contributed by atoms with Gasteiger partial charge in [-0.15, -0.1) is 5.10 Å². The Balaban J connectivity index is 1.81. The zero-order valence-corrected chi connectivity index (χ0v) is 16.9. The van der Waals surface area contributed by atoms with Crippen LogP contribution in [0.3, 0.4) is 0 Å². The Kier molecular flexibility index (Phi) is 4.65. The number of nitrogens with zero attached hydrogens (tertiary/aromatic N) is 4. The van der Waals surface area contributed by atoms with Crippen LogP contribution in [0.1, 0.15) is 16.8 Å². The Morgan fingerprint density at radius 1 is 1.00 bits per heavy atom. The molecule has 0 fully saturated rings. The summed E-state index contributed by atoms with van der Waals surface area (Å²) < 4.78 is 7.17. The first-order valence-electron chi connectivity index (χ1n) is 8.87. The number of rotatable bonds is 4. The molecule has 0 spiro atoms. The van der Waals surface area contributed by atoms with Crippen LogP contribution >= 0.6 is 11.6 Å². The number of anilines is 2. The minimum atomic E-state index is 0.530. The van der Waals surface area contributed by atoms with Crippen LogP contribution in [0.4, 0.5) is 11.5 Å². The van der Waals surface area contributed by atoms with Crippen molar-refractivity contribution in [3.05, 3.63) is 64.3 Å². The van der Waals surface area contributed by atoms with Crippen LogP contribution in [-0.2, 0) is 0 Å². The average molecular weight is 394 g/mol. The van der Waals surface area contributed by atoms with Gasteiger partial charge in [0.1, 0.15) is 11.6 Å². The second-order valence-electron chi connectivity index (χ2n) is 6.72. The second kappa shape index (κ2) is 7.13. The molecule has 0 aliphatic carbocycles. The van der Waals surface area contributed by atoms with Gasteiger partial charge in [-0.05, 0) is 32.4 Å². The Morgan fingerprint density at radius 2 is 1.75 bits per heavy atom. The fourth-order valence-electron chi connectivity index (χ4n) is 2.97. The lowest BCUT2D eigenvalue weighted by atomic mass is 10.1. The molecule has 4 aromatic rings. The summed E-state index contributed by atoms with van der Waals surface area (Å²) >= 11 is 6.22. The lowest BCUT2D eigenvalue weighted by Crippen LogP contribution is -2.04. The third-order valence-corrected chi connectivity index (χ3v) is 4.90. The summed E-state index contributed by atoms with van der Waals surface area (Å²) in [6.07, 6.45) is 0. The van der Waals surface area contributed by atoms with E-state index in [1.165, 1.54) is 5.56 Å². The summed E-state index contributed by atoms with van der Waals surface area (Å²) in [6, 6.07) is 13.8. The molecule has 2 aromatic carbocycles. The zero-order valence-electron chi connectivity index (χ0n) is 16.1. The summed E-state index contributed by atoms with van der Waals surface area (Å²) in [7, 11) is 1.62. The quantitative estimate of drug-likeness (QED) is 0.521. The van der Waals surface area contributed by atoms with Crippen molar-refractivity contribution in [1.29, 1.82) is 0 Å². The van der Waals surface area contributed by atoms with E-state index < -0.39 is 0 Å². The van der Waals surface area contributed by atoms with E-state index in [1.807, 2.05) is 50.2 Å². The third kappa shape index (κ3) is 3.39. The first-order valence-corrected chi connectivity index (χ1v) is 9.25. The number of aromatic nitrogens is 4. The van der Waals surface area contributed by atoms with Gasteiger partial charge in [0.25, 0.3) is 5.78 Å². The van der Waals surface area contributed by atoms with E-state index in [4.69, 9.17) is 16.3 Å². The standard InChI is InChI=1S/C21H20ClN5O/c1-12-5-7-15(8-6-12)20-25-21-23-14(3)10-19(27(21)26-20)24-17-9-13(2)16(22)11-18(17)28-4/h5-11,24H,1-4H3. The van der Waals surface area contributed by atoms with Crippen LogP contribution in [0.15, 0.2) is 42.5 Å². The Bertz CT molecular complexity index is 1170. The number of ether oxygens (including phenoxy) is 1. The maximum atomic E-state index is 6.22. The Labute approximate surface area is 168 Å². The average Bonchev–Trinajstić information content (AvgIpc) is 3.09. The summed E-state index contributed by atoms with van der Waals surface area (Å²) in [6.45, 7) is 5.93. The molecule has 4 rings (SSSR count). The topological polar surface area (TPSA) is 64.3 Å². The van der Waals surface area contributed by atoms with Gasteiger partial charge in [-0.3, -0.25) is 0 Å². The fraction of sp³-hybridized carbons (Fsp3) is 0.190. The molecule has 2 heterocycles. The molecule has 1 N–H and O–H groups in total. The Hall–Kier alpha value is -3.12. The number of aryl methyl sites for hydroxylation is 3. The van der Waals surface area contributed by atoms with Crippen molar-refractivity contribution in [2.45, 2.75) is 20.8 Å². The summed E-state index contributed by atoms with van der Waals surface area (Å²) in [4.78, 5) is 9.11. The summed E-state index contributed by atoms with van der Waals surface area (Å²) in [5.74, 6) is 2.55. The SMILES string of the molecule is COc1cc(Cl)c(C)cc1Nc1cc(C)nc2nc(-c3ccc(C)cc3)nn12. The number of nitrogens with one attached hydrogen (secondary N) is 1. The molecule has 0 aliphatic heterocycles. The molecule has 28 heavy (non-hydrogen) atoms. The van der Waals surface area contributed by atoms with Crippen molar-refractivity contribution in [2.75, 3.05) is 12.4 Å². The van der Waals surface area contributed by atoms with Gasteiger partial charge in [-0.2, -0.15) is 9.50 Å². The van der Waals surface area contributed by atoms with E-state index in [0.29, 0.717) is 22.4 Å². The van der Waals surface area contributed by atoms with E-state index >= 15 is 0 Å². The maximum Gasteiger partial charge on any atom is 0.254 e. The van der Waals surface area contributed by atoms with E-state index in [2.05, 4.69) is 27.3 Å². The molecule has 7 heteroatoms. The second-order valence-corrected chi connectivity index (χ2v) is 7.13. The van der Waals surface area contributed by atoms with Gasteiger partial charge in [-0.1, -0.05) is 41.4 Å². The van der Waals surface area contributed by atoms with Gasteiger partial charge in [0.05, 0.1) is 12.8 Å². The molecule has 0 bridgehead atoms. The van der Waals surface area contributed by atoms with E-state index in [9.17, 15) is 0 Å². The molecule has 142 valence electrons. The van der Waals surface area contributed by atoms with E-state index in [0.717, 1.165) is 28.3 Å². The fourth-order valence-corrected chi connectivity index (χ4v) is 3.12. The molecule has 0 atom stereocenters. The highest BCUT2D eigenvalue weighted by Crippen LogP contribution is 2.33. The van der Waals surface area contributed by atoms with Crippen molar-refractivity contribution in [2.24, 2.45) is 0 Å². The minimum Gasteiger partial charge on any atom is -0.495 e. The predicted octanol–water partition coefficient (Wildman–Crippen LogP) is 5.12. The molecular weight excluding hydrogens is 374 g/mol. The summed E-state index contributed by atoms with van der Waals surface area (Å²) in [5, 5.41) is 8.70. The van der Waals surface area contributed by atoms with Crippen molar-refractivity contribution >= 4 is 28.9 Å². The zero-order chi connectivity index (χ0) is 19.8. The number of fused-ring (bicyclic) bond motifs is 1. The van der Waals surface area contributed by atoms with Crippen LogP contribution in [0.2, 0.25) is 5.02 Å². The maximum absolute atomic E-state index is 6.22. The highest BCUT2D eigenvalue weighted by atomic mass is 35.5. The first-order chi connectivity index (χ1) is 13.4. The third-order valence-electron chi connectivity index (χ3n) is 4.49. The molecule has 0 saturated heterocycles. The first kappa shape index (κ1) is 18.3. The largest absolute Gasteiger partial charge is 0.495 e. The van der Waals surface area contributed by atoms with Crippen molar-refractivity contribution in [3.8, 4) is 17.1 Å². The van der Waals surface area contributed by atoms with Gasteiger partial charge in [-0.25, -0.2) is 4.98 Å². The molecular formula is C21H20ClN5O. The highest BCUT2D eigenvalue weighted by molar-refractivity contribution is 6.31. The molecule has 0 saturated carbocycles. The van der Waals surface area contributed by atoms with Gasteiger partial charge in [0.2, 0.25) is 0 Å². The monoisotopic (exact) mass is 393 g/mol.